The van der Waals surface area contributed by atoms with E-state index < -0.39 is 0 Å². The van der Waals surface area contributed by atoms with Crippen molar-refractivity contribution in [3.05, 3.63) is 23.1 Å². The molecule has 1 spiro atoms. The maximum absolute atomic E-state index is 6.43. The van der Waals surface area contributed by atoms with E-state index in [0.29, 0.717) is 22.4 Å². The molecule has 0 aromatic carbocycles. The molecule has 126 valence electrons. The number of nitrogens with zero attached hydrogens (tertiary/aromatic N) is 4. The Morgan fingerprint density at radius 3 is 2.79 bits per heavy atom. The van der Waals surface area contributed by atoms with E-state index in [1.165, 1.54) is 50.6 Å². The van der Waals surface area contributed by atoms with Gasteiger partial charge >= 0.3 is 0 Å². The van der Waals surface area contributed by atoms with Crippen LogP contribution in [-0.4, -0.2) is 25.8 Å². The Balaban J connectivity index is 1.45. The molecule has 2 aliphatic carbocycles. The Morgan fingerprint density at radius 2 is 2.00 bits per heavy atom. The van der Waals surface area contributed by atoms with Gasteiger partial charge < -0.3 is 5.32 Å². The number of anilines is 1. The Morgan fingerprint density at radius 1 is 1.17 bits per heavy atom. The van der Waals surface area contributed by atoms with Gasteiger partial charge in [0.15, 0.2) is 0 Å². The first-order chi connectivity index (χ1) is 11.7. The molecule has 2 fully saturated rings. The van der Waals surface area contributed by atoms with E-state index in [0.717, 1.165) is 24.2 Å². The van der Waals surface area contributed by atoms with Gasteiger partial charge in [-0.2, -0.15) is 5.10 Å². The van der Waals surface area contributed by atoms with Crippen LogP contribution in [-0.2, 0) is 13.0 Å². The van der Waals surface area contributed by atoms with Crippen molar-refractivity contribution >= 4 is 17.5 Å². The lowest BCUT2D eigenvalue weighted by Gasteiger charge is -2.22. The zero-order valence-corrected chi connectivity index (χ0v) is 14.5. The predicted molar refractivity (Wildman–Crippen MR) is 94.1 cm³/mol. The van der Waals surface area contributed by atoms with Gasteiger partial charge in [0, 0.05) is 23.8 Å². The van der Waals surface area contributed by atoms with Gasteiger partial charge in [-0.3, -0.25) is 4.68 Å². The first-order valence-corrected chi connectivity index (χ1v) is 9.44. The second-order valence-electron chi connectivity index (χ2n) is 7.71. The van der Waals surface area contributed by atoms with E-state index in [4.69, 9.17) is 16.6 Å². The number of nitrogens with one attached hydrogen (secondary N) is 1. The van der Waals surface area contributed by atoms with Crippen LogP contribution in [0.25, 0.3) is 11.3 Å². The molecule has 0 saturated heterocycles. The van der Waals surface area contributed by atoms with Gasteiger partial charge in [0.1, 0.15) is 0 Å². The minimum Gasteiger partial charge on any atom is -0.351 e. The van der Waals surface area contributed by atoms with Crippen LogP contribution in [0.5, 0.6) is 0 Å². The summed E-state index contributed by atoms with van der Waals surface area (Å²) in [5.74, 6) is 0.695. The number of hydrogen-bond donors (Lipinski definition) is 1. The van der Waals surface area contributed by atoms with Gasteiger partial charge in [-0.05, 0) is 37.5 Å². The highest BCUT2D eigenvalue weighted by atomic mass is 35.5. The van der Waals surface area contributed by atoms with Gasteiger partial charge in [0.2, 0.25) is 5.95 Å². The zero-order chi connectivity index (χ0) is 16.1. The second-order valence-corrected chi connectivity index (χ2v) is 8.12. The van der Waals surface area contributed by atoms with Crippen molar-refractivity contribution in [2.75, 3.05) is 5.32 Å². The Labute approximate surface area is 146 Å². The van der Waals surface area contributed by atoms with Crippen molar-refractivity contribution in [3.63, 3.8) is 0 Å². The highest BCUT2D eigenvalue weighted by Gasteiger charge is 2.48. The largest absolute Gasteiger partial charge is 0.351 e. The van der Waals surface area contributed by atoms with E-state index in [1.54, 1.807) is 6.20 Å². The van der Waals surface area contributed by atoms with E-state index in [1.807, 2.05) is 6.20 Å². The van der Waals surface area contributed by atoms with Crippen LogP contribution in [0, 0.1) is 5.41 Å². The maximum Gasteiger partial charge on any atom is 0.223 e. The maximum atomic E-state index is 6.43. The molecule has 2 aromatic rings. The number of rotatable bonds is 3. The molecule has 2 aromatic heterocycles. The Hall–Kier alpha value is -1.62. The Bertz CT molecular complexity index is 774. The summed E-state index contributed by atoms with van der Waals surface area (Å²) in [6, 6.07) is 0.486. The average Bonchev–Trinajstić information content (AvgIpc) is 3.09. The number of halogens is 1. The van der Waals surface area contributed by atoms with Gasteiger partial charge in [0.05, 0.1) is 23.1 Å². The fourth-order valence-corrected chi connectivity index (χ4v) is 4.42. The summed E-state index contributed by atoms with van der Waals surface area (Å²) in [5, 5.41) is 8.68. The van der Waals surface area contributed by atoms with E-state index in [9.17, 15) is 0 Å². The third-order valence-electron chi connectivity index (χ3n) is 5.87. The topological polar surface area (TPSA) is 55.6 Å². The van der Waals surface area contributed by atoms with Crippen LogP contribution in [0.1, 0.15) is 50.6 Å². The third kappa shape index (κ3) is 2.50. The highest BCUT2D eigenvalue weighted by Crippen LogP contribution is 2.54. The van der Waals surface area contributed by atoms with Crippen LogP contribution < -0.4 is 5.32 Å². The number of hydrogen-bond acceptors (Lipinski definition) is 4. The summed E-state index contributed by atoms with van der Waals surface area (Å²) in [5.41, 5.74) is 3.68. The minimum absolute atomic E-state index is 0.486. The van der Waals surface area contributed by atoms with Crippen molar-refractivity contribution in [2.24, 2.45) is 5.41 Å². The second kappa shape index (κ2) is 5.45. The van der Waals surface area contributed by atoms with E-state index in [-0.39, 0.29) is 0 Å². The van der Waals surface area contributed by atoms with Crippen LogP contribution in [0.2, 0.25) is 5.02 Å². The third-order valence-corrected chi connectivity index (χ3v) is 6.15. The van der Waals surface area contributed by atoms with Gasteiger partial charge in [-0.1, -0.05) is 30.9 Å². The van der Waals surface area contributed by atoms with Crippen molar-refractivity contribution in [1.29, 1.82) is 0 Å². The first kappa shape index (κ1) is 14.7. The fraction of sp³-hybridized carbons (Fsp3) is 0.611. The normalized spacial score (nSPS) is 21.9. The monoisotopic (exact) mass is 343 g/mol. The van der Waals surface area contributed by atoms with Gasteiger partial charge in [-0.25, -0.2) is 9.97 Å². The molecular formula is C18H22ClN5. The van der Waals surface area contributed by atoms with Gasteiger partial charge in [-0.15, -0.1) is 0 Å². The lowest BCUT2D eigenvalue weighted by Crippen LogP contribution is -2.23. The summed E-state index contributed by atoms with van der Waals surface area (Å²) in [4.78, 5) is 9.14. The molecule has 24 heavy (non-hydrogen) atoms. The summed E-state index contributed by atoms with van der Waals surface area (Å²) in [6.45, 7) is 1.05. The summed E-state index contributed by atoms with van der Waals surface area (Å²) in [6.07, 6.45) is 13.7. The number of aromatic nitrogens is 4. The quantitative estimate of drug-likeness (QED) is 0.912. The van der Waals surface area contributed by atoms with Crippen LogP contribution in [0.15, 0.2) is 12.4 Å². The molecule has 6 heteroatoms. The van der Waals surface area contributed by atoms with Crippen LogP contribution in [0.3, 0.4) is 0 Å². The fourth-order valence-electron chi connectivity index (χ4n) is 4.23. The molecule has 5 nitrogen and oxygen atoms in total. The minimum atomic E-state index is 0.486. The molecule has 3 aliphatic rings. The van der Waals surface area contributed by atoms with Gasteiger partial charge in [0.25, 0.3) is 0 Å². The molecule has 1 N–H and O–H groups in total. The lowest BCUT2D eigenvalue weighted by molar-refractivity contribution is 0.461. The number of fused-ring (bicyclic) bond motifs is 1. The van der Waals surface area contributed by atoms with Crippen molar-refractivity contribution in [2.45, 2.75) is 64.0 Å². The van der Waals surface area contributed by atoms with E-state index in [2.05, 4.69) is 20.1 Å². The molecule has 5 rings (SSSR count). The van der Waals surface area contributed by atoms with E-state index >= 15 is 0 Å². The SMILES string of the molecule is Clc1cnc(NC2CCCCC2)nc1-c1cnn2c1CC1(CC1)C2. The van der Waals surface area contributed by atoms with Crippen molar-refractivity contribution in [1.82, 2.24) is 19.7 Å². The summed E-state index contributed by atoms with van der Waals surface area (Å²) >= 11 is 6.43. The summed E-state index contributed by atoms with van der Waals surface area (Å²) in [7, 11) is 0. The van der Waals surface area contributed by atoms with Crippen molar-refractivity contribution < 1.29 is 0 Å². The Kier molecular flexibility index (Phi) is 3.34. The van der Waals surface area contributed by atoms with Crippen LogP contribution >= 0.6 is 11.6 Å². The first-order valence-electron chi connectivity index (χ1n) is 9.07. The molecular weight excluding hydrogens is 322 g/mol. The molecule has 0 radical (unpaired) electrons. The molecule has 3 heterocycles. The van der Waals surface area contributed by atoms with Crippen LogP contribution in [0.4, 0.5) is 5.95 Å². The highest BCUT2D eigenvalue weighted by molar-refractivity contribution is 6.32. The molecule has 0 bridgehead atoms. The van der Waals surface area contributed by atoms with Crippen molar-refractivity contribution in [3.8, 4) is 11.3 Å². The molecule has 0 unspecified atom stereocenters. The molecule has 0 amide bonds. The summed E-state index contributed by atoms with van der Waals surface area (Å²) < 4.78 is 2.15. The molecule has 2 saturated carbocycles. The average molecular weight is 344 g/mol. The lowest BCUT2D eigenvalue weighted by atomic mass is 9.96. The standard InChI is InChI=1S/C18H22ClN5/c19-14-10-20-17(22-12-4-2-1-3-5-12)23-16(14)13-9-21-24-11-18(6-7-18)8-15(13)24/h9-10,12H,1-8,11H2,(H,20,22,23). The molecule has 1 aliphatic heterocycles. The predicted octanol–water partition coefficient (Wildman–Crippen LogP) is 4.07. The zero-order valence-electron chi connectivity index (χ0n) is 13.8. The molecule has 0 atom stereocenters. The smallest absolute Gasteiger partial charge is 0.223 e.